The number of pyridine rings is 2. The molecule has 2 heterocycles. The summed E-state index contributed by atoms with van der Waals surface area (Å²) in [6.07, 6.45) is 3.28. The summed E-state index contributed by atoms with van der Waals surface area (Å²) >= 11 is 18.0. The summed E-state index contributed by atoms with van der Waals surface area (Å²) in [4.78, 5) is 33.8. The molecule has 4 rings (SSSR count). The zero-order chi connectivity index (χ0) is 22.7. The molecular weight excluding hydrogens is 473 g/mol. The Bertz CT molecular complexity index is 1310. The van der Waals surface area contributed by atoms with Gasteiger partial charge < -0.3 is 10.1 Å². The number of ether oxygens (including phenoxy) is 1. The van der Waals surface area contributed by atoms with E-state index < -0.39 is 18.5 Å². The van der Waals surface area contributed by atoms with Crippen molar-refractivity contribution >= 4 is 63.3 Å². The van der Waals surface area contributed by atoms with Crippen LogP contribution >= 0.6 is 34.8 Å². The van der Waals surface area contributed by atoms with E-state index in [0.717, 1.165) is 5.56 Å². The molecule has 9 heteroatoms. The lowest BCUT2D eigenvalue weighted by molar-refractivity contribution is -0.119. The number of benzene rings is 2. The molecule has 0 fully saturated rings. The summed E-state index contributed by atoms with van der Waals surface area (Å²) in [5.74, 6) is -1.26. The van der Waals surface area contributed by atoms with Crippen molar-refractivity contribution in [2.24, 2.45) is 0 Å². The Balaban J connectivity index is 1.56. The average Bonchev–Trinajstić information content (AvgIpc) is 2.79. The Morgan fingerprint density at radius 1 is 0.938 bits per heavy atom. The monoisotopic (exact) mass is 485 g/mol. The number of halogens is 3. The molecule has 1 N–H and O–H groups in total. The van der Waals surface area contributed by atoms with Gasteiger partial charge in [-0.25, -0.2) is 9.78 Å². The second-order valence-electron chi connectivity index (χ2n) is 6.68. The highest BCUT2D eigenvalue weighted by molar-refractivity contribution is 6.42. The first-order chi connectivity index (χ1) is 15.4. The average molecular weight is 487 g/mol. The molecule has 0 unspecified atom stereocenters. The van der Waals surface area contributed by atoms with E-state index in [4.69, 9.17) is 39.5 Å². The maximum atomic E-state index is 12.9. The van der Waals surface area contributed by atoms with Crippen molar-refractivity contribution in [3.8, 4) is 11.3 Å². The molecule has 2 aromatic carbocycles. The number of carbonyl (C=O) groups is 2. The lowest BCUT2D eigenvalue weighted by Gasteiger charge is -2.12. The van der Waals surface area contributed by atoms with Crippen molar-refractivity contribution in [3.05, 3.63) is 87.6 Å². The number of para-hydroxylation sites is 1. The molecule has 0 aliphatic heterocycles. The molecule has 4 aromatic rings. The summed E-state index contributed by atoms with van der Waals surface area (Å²) in [6.45, 7) is -0.532. The van der Waals surface area contributed by atoms with E-state index in [-0.39, 0.29) is 21.3 Å². The molecule has 0 aliphatic carbocycles. The molecule has 6 nitrogen and oxygen atoms in total. The third-order valence-corrected chi connectivity index (χ3v) is 5.33. The number of esters is 1. The van der Waals surface area contributed by atoms with Gasteiger partial charge in [0.25, 0.3) is 5.91 Å². The molecule has 32 heavy (non-hydrogen) atoms. The fourth-order valence-electron chi connectivity index (χ4n) is 3.06. The Morgan fingerprint density at radius 3 is 2.34 bits per heavy atom. The number of amides is 1. The van der Waals surface area contributed by atoms with Crippen LogP contribution in [0.1, 0.15) is 10.4 Å². The van der Waals surface area contributed by atoms with Crippen molar-refractivity contribution in [2.45, 2.75) is 0 Å². The van der Waals surface area contributed by atoms with Crippen molar-refractivity contribution in [2.75, 3.05) is 11.9 Å². The standard InChI is InChI=1S/C23H14Cl3N3O3/c24-14-9-17(25)22(18(26)10-14)29-21(30)12-32-23(31)16-11-20(13-5-7-27-8-6-13)28-19-4-2-1-3-15(16)19/h1-11H,12H2,(H,29,30). The van der Waals surface area contributed by atoms with Crippen LogP contribution in [-0.4, -0.2) is 28.5 Å². The normalized spacial score (nSPS) is 10.7. The maximum Gasteiger partial charge on any atom is 0.339 e. The second-order valence-corrected chi connectivity index (χ2v) is 7.93. The largest absolute Gasteiger partial charge is 0.452 e. The highest BCUT2D eigenvalue weighted by Crippen LogP contribution is 2.33. The number of carbonyl (C=O) groups excluding carboxylic acids is 2. The quantitative estimate of drug-likeness (QED) is 0.347. The van der Waals surface area contributed by atoms with E-state index in [1.54, 1.807) is 48.8 Å². The maximum absolute atomic E-state index is 12.9. The van der Waals surface area contributed by atoms with Crippen LogP contribution in [0.2, 0.25) is 15.1 Å². The molecule has 0 spiro atoms. The zero-order valence-corrected chi connectivity index (χ0v) is 18.6. The fourth-order valence-corrected chi connectivity index (χ4v) is 3.97. The number of hydrogen-bond donors (Lipinski definition) is 1. The van der Waals surface area contributed by atoms with Crippen molar-refractivity contribution < 1.29 is 14.3 Å². The summed E-state index contributed by atoms with van der Waals surface area (Å²) < 4.78 is 5.26. The molecule has 0 bridgehead atoms. The van der Waals surface area contributed by atoms with E-state index in [1.807, 2.05) is 6.07 Å². The minimum atomic E-state index is -0.664. The third-order valence-electron chi connectivity index (χ3n) is 4.52. The van der Waals surface area contributed by atoms with Crippen LogP contribution in [0.3, 0.4) is 0 Å². The van der Waals surface area contributed by atoms with Gasteiger partial charge in [0.15, 0.2) is 6.61 Å². The number of rotatable bonds is 5. The number of nitrogens with one attached hydrogen (secondary N) is 1. The second kappa shape index (κ2) is 9.53. The number of hydrogen-bond acceptors (Lipinski definition) is 5. The Hall–Kier alpha value is -3.19. The third kappa shape index (κ3) is 4.83. The van der Waals surface area contributed by atoms with Gasteiger partial charge in [-0.05, 0) is 36.4 Å². The summed E-state index contributed by atoms with van der Waals surface area (Å²) in [6, 6.07) is 15.3. The van der Waals surface area contributed by atoms with Crippen LogP contribution < -0.4 is 5.32 Å². The van der Waals surface area contributed by atoms with Gasteiger partial charge in [-0.15, -0.1) is 0 Å². The van der Waals surface area contributed by atoms with Gasteiger partial charge in [-0.2, -0.15) is 0 Å². The van der Waals surface area contributed by atoms with Crippen molar-refractivity contribution in [1.29, 1.82) is 0 Å². The van der Waals surface area contributed by atoms with Gasteiger partial charge in [0.1, 0.15) is 0 Å². The molecule has 0 saturated carbocycles. The highest BCUT2D eigenvalue weighted by atomic mass is 35.5. The van der Waals surface area contributed by atoms with Crippen LogP contribution in [-0.2, 0) is 9.53 Å². The van der Waals surface area contributed by atoms with Crippen LogP contribution in [0.25, 0.3) is 22.2 Å². The number of aromatic nitrogens is 2. The zero-order valence-electron chi connectivity index (χ0n) is 16.3. The molecule has 0 atom stereocenters. The lowest BCUT2D eigenvalue weighted by Crippen LogP contribution is -2.21. The molecule has 1 amide bonds. The summed E-state index contributed by atoms with van der Waals surface area (Å²) in [7, 11) is 0. The SMILES string of the molecule is O=C(COC(=O)c1cc(-c2ccncc2)nc2ccccc12)Nc1c(Cl)cc(Cl)cc1Cl. The highest BCUT2D eigenvalue weighted by Gasteiger charge is 2.18. The topological polar surface area (TPSA) is 81.2 Å². The van der Waals surface area contributed by atoms with Crippen LogP contribution in [0.4, 0.5) is 5.69 Å². The van der Waals surface area contributed by atoms with Gasteiger partial charge in [0.05, 0.1) is 32.5 Å². The van der Waals surface area contributed by atoms with Crippen LogP contribution in [0, 0.1) is 0 Å². The number of nitrogens with zero attached hydrogens (tertiary/aromatic N) is 2. The Kier molecular flexibility index (Phi) is 6.55. The van der Waals surface area contributed by atoms with E-state index in [0.29, 0.717) is 21.6 Å². The molecule has 0 radical (unpaired) electrons. The first-order valence-corrected chi connectivity index (χ1v) is 10.5. The molecule has 0 aliphatic rings. The number of anilines is 1. The molecule has 160 valence electrons. The first-order valence-electron chi connectivity index (χ1n) is 9.34. The van der Waals surface area contributed by atoms with E-state index in [9.17, 15) is 9.59 Å². The minimum absolute atomic E-state index is 0.171. The van der Waals surface area contributed by atoms with Gasteiger partial charge >= 0.3 is 5.97 Å². The molecule has 0 saturated heterocycles. The smallest absolute Gasteiger partial charge is 0.339 e. The summed E-state index contributed by atoms with van der Waals surface area (Å²) in [5, 5.41) is 3.81. The predicted molar refractivity (Wildman–Crippen MR) is 125 cm³/mol. The Labute approximate surface area is 198 Å². The van der Waals surface area contributed by atoms with E-state index in [1.165, 1.54) is 12.1 Å². The van der Waals surface area contributed by atoms with Crippen LogP contribution in [0.5, 0.6) is 0 Å². The Morgan fingerprint density at radius 2 is 1.62 bits per heavy atom. The van der Waals surface area contributed by atoms with Gasteiger partial charge in [-0.3, -0.25) is 9.78 Å². The molecular formula is C23H14Cl3N3O3. The predicted octanol–water partition coefficient (Wildman–Crippen LogP) is 6.05. The van der Waals surface area contributed by atoms with Crippen molar-refractivity contribution in [1.82, 2.24) is 9.97 Å². The lowest BCUT2D eigenvalue weighted by atomic mass is 10.0. The van der Waals surface area contributed by atoms with E-state index >= 15 is 0 Å². The van der Waals surface area contributed by atoms with Gasteiger partial charge in [0.2, 0.25) is 0 Å². The first kappa shape index (κ1) is 22.0. The van der Waals surface area contributed by atoms with Crippen LogP contribution in [0.15, 0.2) is 67.0 Å². The van der Waals surface area contributed by atoms with Gasteiger partial charge in [0, 0.05) is 28.4 Å². The minimum Gasteiger partial charge on any atom is -0.452 e. The van der Waals surface area contributed by atoms with Crippen molar-refractivity contribution in [3.63, 3.8) is 0 Å². The number of fused-ring (bicyclic) bond motifs is 1. The summed E-state index contributed by atoms with van der Waals surface area (Å²) in [5.41, 5.74) is 2.48. The van der Waals surface area contributed by atoms with Gasteiger partial charge in [-0.1, -0.05) is 53.0 Å². The molecule has 2 aromatic heterocycles. The fraction of sp³-hybridized carbons (Fsp3) is 0.0435. The van der Waals surface area contributed by atoms with E-state index in [2.05, 4.69) is 15.3 Å².